The van der Waals surface area contributed by atoms with E-state index < -0.39 is 17.7 Å². The molecule has 1 amide bonds. The van der Waals surface area contributed by atoms with Gasteiger partial charge in [0.25, 0.3) is 5.91 Å². The molecule has 0 aliphatic heterocycles. The Bertz CT molecular complexity index is 1630. The SMILES string of the molecule is Cn1cc2c(cc(C(=O)NCc3ccc(C(=O)O)cc3)c3c2ccn3Cc2ccc(C(F)(F)F)cc2)n1. The summed E-state index contributed by atoms with van der Waals surface area (Å²) in [5, 5.41) is 18.0. The number of carboxylic acids is 1. The monoisotopic (exact) mass is 506 g/mol. The highest BCUT2D eigenvalue weighted by Gasteiger charge is 2.30. The van der Waals surface area contributed by atoms with Crippen LogP contribution < -0.4 is 5.32 Å². The normalized spacial score (nSPS) is 11.8. The number of carbonyl (C=O) groups excluding carboxylic acids is 1. The van der Waals surface area contributed by atoms with Gasteiger partial charge in [0.15, 0.2) is 0 Å². The number of rotatable bonds is 6. The fourth-order valence-corrected chi connectivity index (χ4v) is 4.36. The molecule has 2 heterocycles. The number of benzene rings is 3. The molecule has 0 atom stereocenters. The third-order valence-corrected chi connectivity index (χ3v) is 6.18. The fourth-order valence-electron chi connectivity index (χ4n) is 4.36. The minimum Gasteiger partial charge on any atom is -0.478 e. The number of halogens is 3. The number of aromatic carboxylic acids is 1. The molecule has 3 aromatic carbocycles. The van der Waals surface area contributed by atoms with E-state index in [9.17, 15) is 22.8 Å². The number of amides is 1. The van der Waals surface area contributed by atoms with Crippen LogP contribution >= 0.6 is 0 Å². The van der Waals surface area contributed by atoms with E-state index in [-0.39, 0.29) is 24.6 Å². The number of nitrogens with one attached hydrogen (secondary N) is 1. The summed E-state index contributed by atoms with van der Waals surface area (Å²) in [6.45, 7) is 0.449. The van der Waals surface area contributed by atoms with Crippen LogP contribution in [0.3, 0.4) is 0 Å². The van der Waals surface area contributed by atoms with Crippen molar-refractivity contribution in [2.75, 3.05) is 0 Å². The van der Waals surface area contributed by atoms with E-state index in [2.05, 4.69) is 10.4 Å². The maximum absolute atomic E-state index is 13.3. The van der Waals surface area contributed by atoms with E-state index >= 15 is 0 Å². The van der Waals surface area contributed by atoms with Crippen LogP contribution in [0.15, 0.2) is 73.1 Å². The van der Waals surface area contributed by atoms with Crippen LogP contribution in [0.4, 0.5) is 13.2 Å². The summed E-state index contributed by atoms with van der Waals surface area (Å²) < 4.78 is 42.4. The van der Waals surface area contributed by atoms with E-state index in [0.29, 0.717) is 22.2 Å². The number of carboxylic acid groups (broad SMARTS) is 1. The molecule has 0 aliphatic carbocycles. The van der Waals surface area contributed by atoms with Crippen molar-refractivity contribution in [1.82, 2.24) is 19.7 Å². The van der Waals surface area contributed by atoms with Gasteiger partial charge in [-0.1, -0.05) is 24.3 Å². The van der Waals surface area contributed by atoms with Gasteiger partial charge in [-0.25, -0.2) is 4.79 Å². The van der Waals surface area contributed by atoms with Gasteiger partial charge in [0.2, 0.25) is 0 Å². The first-order valence-corrected chi connectivity index (χ1v) is 11.3. The van der Waals surface area contributed by atoms with Crippen molar-refractivity contribution < 1.29 is 27.9 Å². The van der Waals surface area contributed by atoms with Crippen molar-refractivity contribution in [3.63, 3.8) is 0 Å². The number of aromatic nitrogens is 3. The van der Waals surface area contributed by atoms with Crippen molar-refractivity contribution in [2.45, 2.75) is 19.3 Å². The number of carbonyl (C=O) groups is 2. The number of hydrogen-bond donors (Lipinski definition) is 2. The summed E-state index contributed by atoms with van der Waals surface area (Å²) >= 11 is 0. The predicted octanol–water partition coefficient (Wildman–Crippen LogP) is 5.22. The first-order valence-electron chi connectivity index (χ1n) is 11.3. The van der Waals surface area contributed by atoms with Crippen LogP contribution in [0.5, 0.6) is 0 Å². The summed E-state index contributed by atoms with van der Waals surface area (Å²) in [4.78, 5) is 24.4. The molecule has 7 nitrogen and oxygen atoms in total. The number of fused-ring (bicyclic) bond motifs is 3. The van der Waals surface area contributed by atoms with E-state index in [1.165, 1.54) is 24.3 Å². The topological polar surface area (TPSA) is 89.1 Å². The molecule has 2 aromatic heterocycles. The van der Waals surface area contributed by atoms with Crippen molar-refractivity contribution in [3.8, 4) is 0 Å². The Kier molecular flexibility index (Phi) is 5.94. The molecule has 0 spiro atoms. The second-order valence-electron chi connectivity index (χ2n) is 8.75. The van der Waals surface area contributed by atoms with Crippen molar-refractivity contribution in [3.05, 3.63) is 101 Å². The highest BCUT2D eigenvalue weighted by Crippen LogP contribution is 2.31. The number of alkyl halides is 3. The Morgan fingerprint density at radius 3 is 2.30 bits per heavy atom. The first kappa shape index (κ1) is 24.1. The molecule has 0 aliphatic rings. The number of nitrogens with zero attached hydrogens (tertiary/aromatic N) is 3. The number of hydrogen-bond acceptors (Lipinski definition) is 3. The molecule has 5 aromatic rings. The molecule has 0 unspecified atom stereocenters. The molecule has 0 saturated heterocycles. The highest BCUT2D eigenvalue weighted by atomic mass is 19.4. The zero-order valence-electron chi connectivity index (χ0n) is 19.6. The molecule has 0 fully saturated rings. The lowest BCUT2D eigenvalue weighted by Gasteiger charge is -2.12. The Balaban J connectivity index is 1.49. The molecule has 188 valence electrons. The summed E-state index contributed by atoms with van der Waals surface area (Å²) in [6, 6.07) is 14.7. The minimum atomic E-state index is -4.41. The molecule has 37 heavy (non-hydrogen) atoms. The van der Waals surface area contributed by atoms with Gasteiger partial charge in [-0.15, -0.1) is 0 Å². The standard InChI is InChI=1S/C27H21F3N4O3/c1-33-15-22-20-10-11-34(14-17-4-8-19(9-5-17)27(28,29)30)24(20)21(12-23(22)32-33)25(35)31-13-16-2-6-18(7-3-16)26(36)37/h2-12,15H,13-14H2,1H3,(H,31,35)(H,36,37). The smallest absolute Gasteiger partial charge is 0.416 e. The van der Waals surface area contributed by atoms with Crippen LogP contribution in [-0.4, -0.2) is 31.3 Å². The maximum Gasteiger partial charge on any atom is 0.416 e. The summed E-state index contributed by atoms with van der Waals surface area (Å²) in [5.74, 6) is -1.39. The lowest BCUT2D eigenvalue weighted by atomic mass is 10.1. The van der Waals surface area contributed by atoms with E-state index in [1.54, 1.807) is 36.1 Å². The van der Waals surface area contributed by atoms with Crippen LogP contribution in [0.25, 0.3) is 21.8 Å². The van der Waals surface area contributed by atoms with Gasteiger partial charge < -0.3 is 15.0 Å². The van der Waals surface area contributed by atoms with Gasteiger partial charge in [-0.3, -0.25) is 9.48 Å². The molecule has 0 bridgehead atoms. The second kappa shape index (κ2) is 9.12. The summed E-state index contributed by atoms with van der Waals surface area (Å²) in [7, 11) is 1.78. The first-order chi connectivity index (χ1) is 17.6. The molecular weight excluding hydrogens is 485 g/mol. The highest BCUT2D eigenvalue weighted by molar-refractivity contribution is 6.15. The Labute approximate surface area is 208 Å². The van der Waals surface area contributed by atoms with Crippen LogP contribution in [0.1, 0.15) is 37.4 Å². The zero-order valence-corrected chi connectivity index (χ0v) is 19.6. The number of aryl methyl sites for hydroxylation is 1. The van der Waals surface area contributed by atoms with Crippen LogP contribution in [-0.2, 0) is 26.3 Å². The largest absolute Gasteiger partial charge is 0.478 e. The zero-order chi connectivity index (χ0) is 26.3. The lowest BCUT2D eigenvalue weighted by molar-refractivity contribution is -0.137. The lowest BCUT2D eigenvalue weighted by Crippen LogP contribution is -2.23. The summed E-state index contributed by atoms with van der Waals surface area (Å²) in [5.41, 5.74) is 2.47. The van der Waals surface area contributed by atoms with E-state index in [0.717, 1.165) is 28.5 Å². The molecule has 0 radical (unpaired) electrons. The average molecular weight is 506 g/mol. The molecule has 5 rings (SSSR count). The molecule has 2 N–H and O–H groups in total. The predicted molar refractivity (Wildman–Crippen MR) is 131 cm³/mol. The van der Waals surface area contributed by atoms with Crippen LogP contribution in [0.2, 0.25) is 0 Å². The third-order valence-electron chi connectivity index (χ3n) is 6.18. The minimum absolute atomic E-state index is 0.151. The average Bonchev–Trinajstić information content (AvgIpc) is 3.44. The molecule has 0 saturated carbocycles. The second-order valence-corrected chi connectivity index (χ2v) is 8.75. The van der Waals surface area contributed by atoms with Crippen LogP contribution in [0, 0.1) is 0 Å². The van der Waals surface area contributed by atoms with Gasteiger partial charge in [-0.05, 0) is 47.5 Å². The quantitative estimate of drug-likeness (QED) is 0.330. The molecular formula is C27H21F3N4O3. The Morgan fingerprint density at radius 1 is 0.973 bits per heavy atom. The Morgan fingerprint density at radius 2 is 1.65 bits per heavy atom. The Hall–Kier alpha value is -4.60. The third kappa shape index (κ3) is 4.77. The van der Waals surface area contributed by atoms with Gasteiger partial charge in [0.1, 0.15) is 0 Å². The van der Waals surface area contributed by atoms with E-state index in [1.807, 2.05) is 16.8 Å². The van der Waals surface area contributed by atoms with Crippen molar-refractivity contribution >= 4 is 33.7 Å². The maximum atomic E-state index is 13.3. The van der Waals surface area contributed by atoms with Crippen molar-refractivity contribution in [1.29, 1.82) is 0 Å². The molecule has 10 heteroatoms. The van der Waals surface area contributed by atoms with Gasteiger partial charge in [0, 0.05) is 43.3 Å². The van der Waals surface area contributed by atoms with E-state index in [4.69, 9.17) is 5.11 Å². The van der Waals surface area contributed by atoms with Gasteiger partial charge >= 0.3 is 12.1 Å². The van der Waals surface area contributed by atoms with Gasteiger partial charge in [0.05, 0.1) is 27.7 Å². The van der Waals surface area contributed by atoms with Crippen molar-refractivity contribution in [2.24, 2.45) is 7.05 Å². The van der Waals surface area contributed by atoms with Gasteiger partial charge in [-0.2, -0.15) is 18.3 Å². The summed E-state index contributed by atoms with van der Waals surface area (Å²) in [6.07, 6.45) is -0.758. The fraction of sp³-hybridized carbons (Fsp3) is 0.148.